The van der Waals surface area contributed by atoms with Crippen LogP contribution in [0.2, 0.25) is 0 Å². The third kappa shape index (κ3) is 6.35. The number of nitrogens with two attached hydrogens (primary N) is 1. The van der Waals surface area contributed by atoms with Gasteiger partial charge in [0.2, 0.25) is 11.8 Å². The van der Waals surface area contributed by atoms with Crippen LogP contribution in [0.15, 0.2) is 24.3 Å². The monoisotopic (exact) mass is 373 g/mol. The Morgan fingerprint density at radius 1 is 1.19 bits per heavy atom. The number of carbonyl (C=O) groups is 2. The van der Waals surface area contributed by atoms with Crippen LogP contribution in [0.1, 0.15) is 57.7 Å². The van der Waals surface area contributed by atoms with E-state index in [1.54, 1.807) is 4.90 Å². The second-order valence-electron chi connectivity index (χ2n) is 8.52. The van der Waals surface area contributed by atoms with Gasteiger partial charge in [0.15, 0.2) is 0 Å². The molecule has 1 saturated heterocycles. The fraction of sp³-hybridized carbons (Fsp3) is 0.636. The van der Waals surface area contributed by atoms with Crippen LogP contribution in [0.4, 0.5) is 0 Å². The Kier molecular flexibility index (Phi) is 7.84. The van der Waals surface area contributed by atoms with Crippen molar-refractivity contribution in [2.75, 3.05) is 19.6 Å². The standard InChI is InChI=1S/C22H35N3O2/c1-15(2)12-17-7-9-18(10-8-17)21(16(3)4)24-13-20(26)25-11-5-6-19(14-25)22(23)27/h7-10,15-16,19,21,24H,5-6,11-14H2,1-4H3,(H2,23,27). The van der Waals surface area contributed by atoms with Crippen molar-refractivity contribution in [3.8, 4) is 0 Å². The fourth-order valence-electron chi connectivity index (χ4n) is 3.82. The zero-order chi connectivity index (χ0) is 20.0. The molecule has 2 amide bonds. The van der Waals surface area contributed by atoms with Gasteiger partial charge in [0.1, 0.15) is 0 Å². The predicted octanol–water partition coefficient (Wildman–Crippen LogP) is 2.90. The highest BCUT2D eigenvalue weighted by atomic mass is 16.2. The lowest BCUT2D eigenvalue weighted by molar-refractivity contribution is -0.134. The number of likely N-dealkylation sites (tertiary alicyclic amines) is 1. The van der Waals surface area contributed by atoms with E-state index < -0.39 is 0 Å². The number of piperidine rings is 1. The number of rotatable bonds is 8. The van der Waals surface area contributed by atoms with E-state index in [1.165, 1.54) is 11.1 Å². The summed E-state index contributed by atoms with van der Waals surface area (Å²) in [7, 11) is 0. The van der Waals surface area contributed by atoms with Crippen LogP contribution in [-0.4, -0.2) is 36.3 Å². The van der Waals surface area contributed by atoms with Crippen molar-refractivity contribution >= 4 is 11.8 Å². The van der Waals surface area contributed by atoms with Crippen LogP contribution in [0, 0.1) is 17.8 Å². The molecule has 0 bridgehead atoms. The summed E-state index contributed by atoms with van der Waals surface area (Å²) < 4.78 is 0. The smallest absolute Gasteiger partial charge is 0.236 e. The van der Waals surface area contributed by atoms with Gasteiger partial charge in [0, 0.05) is 19.1 Å². The molecule has 5 nitrogen and oxygen atoms in total. The van der Waals surface area contributed by atoms with Crippen molar-refractivity contribution < 1.29 is 9.59 Å². The highest BCUT2D eigenvalue weighted by Gasteiger charge is 2.27. The molecule has 0 spiro atoms. The number of hydrogen-bond donors (Lipinski definition) is 2. The maximum Gasteiger partial charge on any atom is 0.236 e. The lowest BCUT2D eigenvalue weighted by atomic mass is 9.93. The minimum Gasteiger partial charge on any atom is -0.369 e. The maximum absolute atomic E-state index is 12.6. The topological polar surface area (TPSA) is 75.4 Å². The van der Waals surface area contributed by atoms with Crippen molar-refractivity contribution in [3.63, 3.8) is 0 Å². The van der Waals surface area contributed by atoms with E-state index in [1.807, 2.05) is 0 Å². The first-order valence-corrected chi connectivity index (χ1v) is 10.2. The third-order valence-electron chi connectivity index (χ3n) is 5.30. The molecule has 1 aromatic rings. The number of hydrogen-bond acceptors (Lipinski definition) is 3. The molecule has 2 unspecified atom stereocenters. The van der Waals surface area contributed by atoms with Gasteiger partial charge >= 0.3 is 0 Å². The number of benzene rings is 1. The molecule has 3 N–H and O–H groups in total. The Morgan fingerprint density at radius 3 is 2.41 bits per heavy atom. The highest BCUT2D eigenvalue weighted by molar-refractivity contribution is 5.81. The van der Waals surface area contributed by atoms with E-state index in [9.17, 15) is 9.59 Å². The molecular formula is C22H35N3O2. The Balaban J connectivity index is 1.96. The van der Waals surface area contributed by atoms with Crippen LogP contribution in [0.3, 0.4) is 0 Å². The van der Waals surface area contributed by atoms with Gasteiger partial charge in [-0.05, 0) is 42.2 Å². The molecule has 2 rings (SSSR count). The summed E-state index contributed by atoms with van der Waals surface area (Å²) in [4.78, 5) is 25.8. The van der Waals surface area contributed by atoms with E-state index >= 15 is 0 Å². The molecule has 0 aliphatic carbocycles. The van der Waals surface area contributed by atoms with E-state index in [0.29, 0.717) is 24.9 Å². The maximum atomic E-state index is 12.6. The number of amides is 2. The lowest BCUT2D eigenvalue weighted by Crippen LogP contribution is -2.47. The van der Waals surface area contributed by atoms with Crippen LogP contribution in [0.5, 0.6) is 0 Å². The first kappa shape index (κ1) is 21.4. The Labute approximate surface area is 163 Å². The molecule has 0 saturated carbocycles. The molecule has 1 heterocycles. The molecule has 27 heavy (non-hydrogen) atoms. The Hall–Kier alpha value is -1.88. The zero-order valence-electron chi connectivity index (χ0n) is 17.2. The van der Waals surface area contributed by atoms with Crippen molar-refractivity contribution in [1.82, 2.24) is 10.2 Å². The lowest BCUT2D eigenvalue weighted by Gasteiger charge is -2.32. The van der Waals surface area contributed by atoms with E-state index in [4.69, 9.17) is 5.73 Å². The molecule has 1 aliphatic rings. The first-order chi connectivity index (χ1) is 12.8. The summed E-state index contributed by atoms with van der Waals surface area (Å²) >= 11 is 0. The summed E-state index contributed by atoms with van der Waals surface area (Å²) in [5.41, 5.74) is 7.97. The second kappa shape index (κ2) is 9.88. The average Bonchev–Trinajstić information content (AvgIpc) is 2.62. The van der Waals surface area contributed by atoms with E-state index in [0.717, 1.165) is 19.3 Å². The summed E-state index contributed by atoms with van der Waals surface area (Å²) in [5, 5.41) is 3.43. The van der Waals surface area contributed by atoms with Gasteiger partial charge in [-0.1, -0.05) is 52.0 Å². The van der Waals surface area contributed by atoms with Crippen molar-refractivity contribution in [3.05, 3.63) is 35.4 Å². The van der Waals surface area contributed by atoms with Gasteiger partial charge in [-0.3, -0.25) is 9.59 Å². The molecule has 150 valence electrons. The summed E-state index contributed by atoms with van der Waals surface area (Å²) in [5.74, 6) is 0.539. The number of nitrogens with zero attached hydrogens (tertiary/aromatic N) is 1. The van der Waals surface area contributed by atoms with Gasteiger partial charge in [0.25, 0.3) is 0 Å². The van der Waals surface area contributed by atoms with Gasteiger partial charge in [0.05, 0.1) is 12.5 Å². The Morgan fingerprint density at radius 2 is 1.85 bits per heavy atom. The minimum absolute atomic E-state index is 0.0445. The third-order valence-corrected chi connectivity index (χ3v) is 5.30. The molecular weight excluding hydrogens is 338 g/mol. The van der Waals surface area contributed by atoms with Crippen LogP contribution >= 0.6 is 0 Å². The zero-order valence-corrected chi connectivity index (χ0v) is 17.2. The van der Waals surface area contributed by atoms with E-state index in [2.05, 4.69) is 57.3 Å². The summed E-state index contributed by atoms with van der Waals surface area (Å²) in [6, 6.07) is 8.85. The van der Waals surface area contributed by atoms with Crippen molar-refractivity contribution in [2.45, 2.75) is 53.0 Å². The number of nitrogens with one attached hydrogen (secondary N) is 1. The SMILES string of the molecule is CC(C)Cc1ccc(C(NCC(=O)N2CCCC(C(N)=O)C2)C(C)C)cc1. The first-order valence-electron chi connectivity index (χ1n) is 10.2. The largest absolute Gasteiger partial charge is 0.369 e. The normalized spacial score (nSPS) is 18.7. The van der Waals surface area contributed by atoms with Crippen LogP contribution < -0.4 is 11.1 Å². The van der Waals surface area contributed by atoms with Gasteiger partial charge in [-0.2, -0.15) is 0 Å². The Bertz CT molecular complexity index is 625. The fourth-order valence-corrected chi connectivity index (χ4v) is 3.82. The van der Waals surface area contributed by atoms with Crippen molar-refractivity contribution in [2.24, 2.45) is 23.5 Å². The molecule has 1 aliphatic heterocycles. The predicted molar refractivity (Wildman–Crippen MR) is 109 cm³/mol. The molecule has 5 heteroatoms. The van der Waals surface area contributed by atoms with Crippen LogP contribution in [0.25, 0.3) is 0 Å². The molecule has 0 aromatic heterocycles. The molecule has 1 fully saturated rings. The van der Waals surface area contributed by atoms with Gasteiger partial charge in [-0.25, -0.2) is 0 Å². The molecule has 1 aromatic carbocycles. The van der Waals surface area contributed by atoms with Crippen LogP contribution in [-0.2, 0) is 16.0 Å². The highest BCUT2D eigenvalue weighted by Crippen LogP contribution is 2.23. The van der Waals surface area contributed by atoms with Gasteiger partial charge < -0.3 is 16.0 Å². The second-order valence-corrected chi connectivity index (χ2v) is 8.52. The van der Waals surface area contributed by atoms with Gasteiger partial charge in [-0.15, -0.1) is 0 Å². The number of carbonyl (C=O) groups excluding carboxylic acids is 2. The molecule has 0 radical (unpaired) electrons. The summed E-state index contributed by atoms with van der Waals surface area (Å²) in [6.45, 7) is 10.2. The molecule has 2 atom stereocenters. The van der Waals surface area contributed by atoms with Crippen molar-refractivity contribution in [1.29, 1.82) is 0 Å². The number of primary amides is 1. The summed E-state index contributed by atoms with van der Waals surface area (Å²) in [6.07, 6.45) is 2.70. The quantitative estimate of drug-likeness (QED) is 0.736. The van der Waals surface area contributed by atoms with E-state index in [-0.39, 0.29) is 30.3 Å². The minimum atomic E-state index is -0.304. The average molecular weight is 374 g/mol.